The molecule has 0 aliphatic carbocycles. The van der Waals surface area contributed by atoms with Crippen LogP contribution in [0, 0.1) is 0 Å². The van der Waals surface area contributed by atoms with E-state index in [9.17, 15) is 9.59 Å². The van der Waals surface area contributed by atoms with Gasteiger partial charge >= 0.3 is 5.69 Å². The number of nitrogens with zero attached hydrogens (tertiary/aromatic N) is 4. The highest BCUT2D eigenvalue weighted by molar-refractivity contribution is 5.77. The molecule has 136 valence electrons. The fourth-order valence-electron chi connectivity index (χ4n) is 3.85. The summed E-state index contributed by atoms with van der Waals surface area (Å²) in [6.07, 6.45) is 4.57. The van der Waals surface area contributed by atoms with Crippen LogP contribution in [0.15, 0.2) is 41.3 Å². The Kier molecular flexibility index (Phi) is 4.36. The molecule has 1 amide bonds. The van der Waals surface area contributed by atoms with Gasteiger partial charge in [-0.05, 0) is 37.5 Å². The fraction of sp³-hybridized carbons (Fsp3) is 0.421. The molecule has 0 radical (unpaired) electrons. The van der Waals surface area contributed by atoms with Crippen LogP contribution in [0.25, 0.3) is 11.0 Å². The van der Waals surface area contributed by atoms with Crippen molar-refractivity contribution in [1.82, 2.24) is 24.2 Å². The summed E-state index contributed by atoms with van der Waals surface area (Å²) in [6.45, 7) is 1.39. The number of carbonyl (C=O) groups is 1. The van der Waals surface area contributed by atoms with E-state index in [1.807, 2.05) is 51.5 Å². The number of hydrogen-bond acceptors (Lipinski definition) is 3. The smallest absolute Gasteiger partial charge is 0.326 e. The molecule has 0 atom stereocenters. The van der Waals surface area contributed by atoms with Crippen molar-refractivity contribution < 1.29 is 4.79 Å². The van der Waals surface area contributed by atoms with Crippen LogP contribution in [0.1, 0.15) is 31.0 Å². The average molecular weight is 353 g/mol. The molecule has 1 aliphatic rings. The van der Waals surface area contributed by atoms with Gasteiger partial charge in [-0.15, -0.1) is 0 Å². The molecule has 0 unspecified atom stereocenters. The van der Waals surface area contributed by atoms with Crippen molar-refractivity contribution >= 4 is 16.9 Å². The van der Waals surface area contributed by atoms with Crippen LogP contribution in [0.4, 0.5) is 0 Å². The van der Waals surface area contributed by atoms with E-state index in [0.717, 1.165) is 29.6 Å². The zero-order chi connectivity index (χ0) is 18.1. The predicted octanol–water partition coefficient (Wildman–Crippen LogP) is 1.86. The van der Waals surface area contributed by atoms with Gasteiger partial charge in [-0.3, -0.25) is 14.0 Å². The number of imidazole rings is 1. The highest BCUT2D eigenvalue weighted by Crippen LogP contribution is 2.25. The molecule has 1 saturated heterocycles. The molecule has 7 heteroatoms. The highest BCUT2D eigenvalue weighted by Gasteiger charge is 2.25. The summed E-state index contributed by atoms with van der Waals surface area (Å²) in [7, 11) is 1.89. The minimum absolute atomic E-state index is 0.0628. The molecule has 0 saturated carbocycles. The van der Waals surface area contributed by atoms with Crippen molar-refractivity contribution in [2.75, 3.05) is 13.1 Å². The monoisotopic (exact) mass is 353 g/mol. The number of carbonyl (C=O) groups excluding carboxylic acids is 1. The summed E-state index contributed by atoms with van der Waals surface area (Å²) >= 11 is 0. The lowest BCUT2D eigenvalue weighted by Gasteiger charge is -2.32. The summed E-state index contributed by atoms with van der Waals surface area (Å²) in [5, 5.41) is 4.14. The first-order valence-electron chi connectivity index (χ1n) is 9.07. The van der Waals surface area contributed by atoms with E-state index in [0.29, 0.717) is 25.9 Å². The number of rotatable bonds is 4. The number of hydrogen-bond donors (Lipinski definition) is 1. The van der Waals surface area contributed by atoms with Gasteiger partial charge in [-0.1, -0.05) is 12.1 Å². The minimum Gasteiger partial charge on any atom is -0.343 e. The Morgan fingerprint density at radius 3 is 2.73 bits per heavy atom. The Labute approximate surface area is 151 Å². The van der Waals surface area contributed by atoms with Crippen molar-refractivity contribution in [1.29, 1.82) is 0 Å². The predicted molar refractivity (Wildman–Crippen MR) is 98.9 cm³/mol. The van der Waals surface area contributed by atoms with Gasteiger partial charge in [0.05, 0.1) is 11.0 Å². The molecule has 1 aliphatic heterocycles. The highest BCUT2D eigenvalue weighted by atomic mass is 16.2. The summed E-state index contributed by atoms with van der Waals surface area (Å²) in [5.41, 5.74) is 2.82. The van der Waals surface area contributed by atoms with Crippen LogP contribution in [-0.2, 0) is 18.3 Å². The minimum atomic E-state index is -0.0628. The Balaban J connectivity index is 1.39. The van der Waals surface area contributed by atoms with Crippen LogP contribution in [0.5, 0.6) is 0 Å². The third-order valence-electron chi connectivity index (χ3n) is 5.32. The van der Waals surface area contributed by atoms with E-state index < -0.39 is 0 Å². The quantitative estimate of drug-likeness (QED) is 0.778. The lowest BCUT2D eigenvalue weighted by Crippen LogP contribution is -2.40. The average Bonchev–Trinajstić information content (AvgIpc) is 3.21. The molecule has 1 N–H and O–H groups in total. The number of piperidine rings is 1. The number of H-pyrrole nitrogens is 1. The number of aryl methyl sites for hydroxylation is 2. The SMILES string of the molecule is Cn1nccc1CCC(=O)N1CCC(n2c(=O)[nH]c3ccccc32)CC1. The number of amides is 1. The van der Waals surface area contributed by atoms with E-state index in [4.69, 9.17) is 0 Å². The van der Waals surface area contributed by atoms with Crippen LogP contribution < -0.4 is 5.69 Å². The first-order valence-corrected chi connectivity index (χ1v) is 9.07. The van der Waals surface area contributed by atoms with E-state index in [1.54, 1.807) is 6.20 Å². The van der Waals surface area contributed by atoms with Gasteiger partial charge < -0.3 is 9.88 Å². The Morgan fingerprint density at radius 1 is 1.23 bits per heavy atom. The number of para-hydroxylation sites is 2. The van der Waals surface area contributed by atoms with Gasteiger partial charge in [-0.2, -0.15) is 5.10 Å². The van der Waals surface area contributed by atoms with E-state index in [2.05, 4.69) is 10.1 Å². The Bertz CT molecular complexity index is 975. The molecule has 1 fully saturated rings. The number of aromatic nitrogens is 4. The van der Waals surface area contributed by atoms with Gasteiger partial charge in [-0.25, -0.2) is 4.79 Å². The largest absolute Gasteiger partial charge is 0.343 e. The standard InChI is InChI=1S/C19H23N5O2/c1-22-14(8-11-20-22)6-7-18(25)23-12-9-15(10-13-23)24-17-5-3-2-4-16(17)21-19(24)26/h2-5,8,11,15H,6-7,9-10,12-13H2,1H3,(H,21,26). The number of benzene rings is 1. The van der Waals surface area contributed by atoms with Crippen LogP contribution in [-0.4, -0.2) is 43.2 Å². The van der Waals surface area contributed by atoms with E-state index >= 15 is 0 Å². The molecule has 0 bridgehead atoms. The zero-order valence-electron chi connectivity index (χ0n) is 14.9. The van der Waals surface area contributed by atoms with Crippen molar-refractivity contribution in [3.05, 3.63) is 52.7 Å². The topological polar surface area (TPSA) is 75.9 Å². The third kappa shape index (κ3) is 3.05. The second kappa shape index (κ2) is 6.82. The van der Waals surface area contributed by atoms with Crippen molar-refractivity contribution in [2.24, 2.45) is 7.05 Å². The summed E-state index contributed by atoms with van der Waals surface area (Å²) in [4.78, 5) is 29.7. The Morgan fingerprint density at radius 2 is 2.00 bits per heavy atom. The summed E-state index contributed by atoms with van der Waals surface area (Å²) < 4.78 is 3.66. The number of aromatic amines is 1. The summed E-state index contributed by atoms with van der Waals surface area (Å²) in [6, 6.07) is 9.85. The van der Waals surface area contributed by atoms with Gasteiger partial charge in [0.2, 0.25) is 5.91 Å². The van der Waals surface area contributed by atoms with Crippen molar-refractivity contribution in [3.63, 3.8) is 0 Å². The third-order valence-corrected chi connectivity index (χ3v) is 5.32. The molecular formula is C19H23N5O2. The molecule has 1 aromatic carbocycles. The number of nitrogens with one attached hydrogen (secondary N) is 1. The van der Waals surface area contributed by atoms with E-state index in [1.165, 1.54) is 0 Å². The summed E-state index contributed by atoms with van der Waals surface area (Å²) in [5.74, 6) is 0.177. The molecule has 26 heavy (non-hydrogen) atoms. The number of fused-ring (bicyclic) bond motifs is 1. The molecule has 3 aromatic rings. The zero-order valence-corrected chi connectivity index (χ0v) is 14.9. The molecule has 7 nitrogen and oxygen atoms in total. The van der Waals surface area contributed by atoms with E-state index in [-0.39, 0.29) is 17.6 Å². The second-order valence-corrected chi connectivity index (χ2v) is 6.88. The van der Waals surface area contributed by atoms with Crippen LogP contribution in [0.3, 0.4) is 0 Å². The first-order chi connectivity index (χ1) is 12.6. The number of likely N-dealkylation sites (tertiary alicyclic amines) is 1. The van der Waals surface area contributed by atoms with Crippen molar-refractivity contribution in [2.45, 2.75) is 31.7 Å². The van der Waals surface area contributed by atoms with Gasteiger partial charge in [0, 0.05) is 44.5 Å². The van der Waals surface area contributed by atoms with Crippen LogP contribution in [0.2, 0.25) is 0 Å². The Hall–Kier alpha value is -2.83. The molecule has 2 aromatic heterocycles. The van der Waals surface area contributed by atoms with Gasteiger partial charge in [0.25, 0.3) is 0 Å². The molecular weight excluding hydrogens is 330 g/mol. The lowest BCUT2D eigenvalue weighted by atomic mass is 10.0. The molecule has 3 heterocycles. The van der Waals surface area contributed by atoms with Gasteiger partial charge in [0.1, 0.15) is 0 Å². The maximum atomic E-state index is 12.5. The maximum absolute atomic E-state index is 12.5. The van der Waals surface area contributed by atoms with Crippen molar-refractivity contribution in [3.8, 4) is 0 Å². The lowest BCUT2D eigenvalue weighted by molar-refractivity contribution is -0.132. The normalized spacial score (nSPS) is 15.7. The van der Waals surface area contributed by atoms with Gasteiger partial charge in [0.15, 0.2) is 0 Å². The maximum Gasteiger partial charge on any atom is 0.326 e. The fourth-order valence-corrected chi connectivity index (χ4v) is 3.85. The first kappa shape index (κ1) is 16.6. The molecule has 4 rings (SSSR count). The molecule has 0 spiro atoms. The van der Waals surface area contributed by atoms with Crippen LogP contribution >= 0.6 is 0 Å². The second-order valence-electron chi connectivity index (χ2n) is 6.88.